The van der Waals surface area contributed by atoms with Gasteiger partial charge in [-0.15, -0.1) is 34.2 Å². The summed E-state index contributed by atoms with van der Waals surface area (Å²) in [5.41, 5.74) is 1.21. The first-order valence-electron chi connectivity index (χ1n) is 11.2. The first-order valence-corrected chi connectivity index (χ1v) is 11.2. The molecule has 0 saturated carbocycles. The maximum Gasteiger partial charge on any atom is 0.192 e. The minimum atomic E-state index is 0. The van der Waals surface area contributed by atoms with Crippen LogP contribution in [0.3, 0.4) is 0 Å². The van der Waals surface area contributed by atoms with Crippen molar-refractivity contribution in [3.63, 3.8) is 0 Å². The fraction of sp³-hybridized carbons (Fsp3) is 0.609. The standard InChI is InChI=1S/C23H36N6O2.HI/c1-18(21-8-5-4-6-9-21)26-23(25-16-22-28-27-19(2)29(22)3)24-12-7-13-31-17-20-10-14-30-15-11-20;/h4-6,8-9,18,20H,7,10-17H2,1-3H3,(H2,24,25,26);1H. The highest BCUT2D eigenvalue weighted by Crippen LogP contribution is 2.14. The number of rotatable bonds is 10. The first-order chi connectivity index (χ1) is 15.1. The van der Waals surface area contributed by atoms with Gasteiger partial charge in [0.25, 0.3) is 0 Å². The third-order valence-corrected chi connectivity index (χ3v) is 5.67. The number of nitrogens with one attached hydrogen (secondary N) is 2. The van der Waals surface area contributed by atoms with E-state index in [9.17, 15) is 0 Å². The second-order valence-electron chi connectivity index (χ2n) is 8.07. The van der Waals surface area contributed by atoms with Crippen LogP contribution in [0.1, 0.15) is 49.4 Å². The largest absolute Gasteiger partial charge is 0.381 e. The Kier molecular flexibility index (Phi) is 12.0. The molecule has 0 spiro atoms. The molecule has 9 heteroatoms. The van der Waals surface area contributed by atoms with E-state index in [2.05, 4.69) is 52.0 Å². The second kappa shape index (κ2) is 14.4. The zero-order valence-corrected chi connectivity index (χ0v) is 21.7. The number of aryl methyl sites for hydroxylation is 1. The fourth-order valence-corrected chi connectivity index (χ4v) is 3.47. The van der Waals surface area contributed by atoms with Gasteiger partial charge in [0.05, 0.1) is 6.04 Å². The zero-order valence-electron chi connectivity index (χ0n) is 19.4. The summed E-state index contributed by atoms with van der Waals surface area (Å²) in [4.78, 5) is 4.74. The minimum Gasteiger partial charge on any atom is -0.381 e. The monoisotopic (exact) mass is 556 g/mol. The molecule has 0 radical (unpaired) electrons. The van der Waals surface area contributed by atoms with Crippen LogP contribution in [-0.4, -0.2) is 53.7 Å². The lowest BCUT2D eigenvalue weighted by molar-refractivity contribution is 0.0203. The molecule has 1 aromatic heterocycles. The van der Waals surface area contributed by atoms with Crippen LogP contribution in [0.4, 0.5) is 0 Å². The molecule has 32 heavy (non-hydrogen) atoms. The van der Waals surface area contributed by atoms with Crippen LogP contribution in [0.2, 0.25) is 0 Å². The van der Waals surface area contributed by atoms with Gasteiger partial charge < -0.3 is 24.7 Å². The van der Waals surface area contributed by atoms with Crippen molar-refractivity contribution in [1.82, 2.24) is 25.4 Å². The van der Waals surface area contributed by atoms with Crippen molar-refractivity contribution in [2.45, 2.75) is 45.7 Å². The highest BCUT2D eigenvalue weighted by atomic mass is 127. The van der Waals surface area contributed by atoms with E-state index in [-0.39, 0.29) is 30.0 Å². The molecular formula is C23H37IN6O2. The van der Waals surface area contributed by atoms with Gasteiger partial charge in [-0.05, 0) is 44.6 Å². The van der Waals surface area contributed by atoms with Gasteiger partial charge in [-0.2, -0.15) is 0 Å². The van der Waals surface area contributed by atoms with E-state index in [0.29, 0.717) is 12.5 Å². The van der Waals surface area contributed by atoms with Gasteiger partial charge in [0.2, 0.25) is 0 Å². The van der Waals surface area contributed by atoms with E-state index in [4.69, 9.17) is 14.5 Å². The maximum atomic E-state index is 5.88. The summed E-state index contributed by atoms with van der Waals surface area (Å²) < 4.78 is 13.2. The summed E-state index contributed by atoms with van der Waals surface area (Å²) in [6.45, 7) is 8.64. The van der Waals surface area contributed by atoms with Crippen LogP contribution >= 0.6 is 24.0 Å². The molecule has 178 valence electrons. The molecule has 1 unspecified atom stereocenters. The molecule has 1 aliphatic rings. The predicted octanol–water partition coefficient (Wildman–Crippen LogP) is 3.37. The number of hydrogen-bond acceptors (Lipinski definition) is 5. The Hall–Kier alpha value is -1.72. The molecule has 3 rings (SSSR count). The summed E-state index contributed by atoms with van der Waals surface area (Å²) >= 11 is 0. The Labute approximate surface area is 208 Å². The highest BCUT2D eigenvalue weighted by Gasteiger charge is 2.13. The molecule has 8 nitrogen and oxygen atoms in total. The molecule has 1 aliphatic heterocycles. The van der Waals surface area contributed by atoms with E-state index in [1.165, 1.54) is 5.56 Å². The lowest BCUT2D eigenvalue weighted by atomic mass is 10.0. The molecule has 1 aromatic carbocycles. The highest BCUT2D eigenvalue weighted by molar-refractivity contribution is 14.0. The van der Waals surface area contributed by atoms with Gasteiger partial charge in [0.15, 0.2) is 11.8 Å². The minimum absolute atomic E-state index is 0. The number of halogens is 1. The number of guanidine groups is 1. The van der Waals surface area contributed by atoms with Crippen LogP contribution in [0, 0.1) is 12.8 Å². The molecule has 1 fully saturated rings. The summed E-state index contributed by atoms with van der Waals surface area (Å²) in [7, 11) is 1.96. The van der Waals surface area contributed by atoms with Crippen molar-refractivity contribution < 1.29 is 9.47 Å². The summed E-state index contributed by atoms with van der Waals surface area (Å²) in [6.07, 6.45) is 3.14. The Balaban J connectivity index is 0.00000363. The Bertz CT molecular complexity index is 808. The SMILES string of the molecule is Cc1nnc(CN=C(NCCCOCC2CCOCC2)NC(C)c2ccccc2)n1C.I. The molecule has 2 N–H and O–H groups in total. The van der Waals surface area contributed by atoms with Crippen molar-refractivity contribution in [2.75, 3.05) is 33.0 Å². The van der Waals surface area contributed by atoms with E-state index in [0.717, 1.165) is 69.8 Å². The van der Waals surface area contributed by atoms with Gasteiger partial charge >= 0.3 is 0 Å². The summed E-state index contributed by atoms with van der Waals surface area (Å²) in [5, 5.41) is 15.3. The topological polar surface area (TPSA) is 85.6 Å². The van der Waals surface area contributed by atoms with Crippen LogP contribution < -0.4 is 10.6 Å². The van der Waals surface area contributed by atoms with Gasteiger partial charge in [-0.1, -0.05) is 30.3 Å². The average Bonchev–Trinajstić information content (AvgIpc) is 3.13. The van der Waals surface area contributed by atoms with E-state index in [1.807, 2.05) is 24.6 Å². The average molecular weight is 556 g/mol. The number of aliphatic imine (C=N–C) groups is 1. The Morgan fingerprint density at radius 2 is 2.00 bits per heavy atom. The van der Waals surface area contributed by atoms with E-state index in [1.54, 1.807) is 0 Å². The van der Waals surface area contributed by atoms with Crippen molar-refractivity contribution in [3.05, 3.63) is 47.5 Å². The zero-order chi connectivity index (χ0) is 21.9. The molecule has 0 bridgehead atoms. The van der Waals surface area contributed by atoms with Crippen LogP contribution in [0.5, 0.6) is 0 Å². The van der Waals surface area contributed by atoms with Gasteiger partial charge in [0, 0.05) is 40.0 Å². The molecule has 0 aliphatic carbocycles. The van der Waals surface area contributed by atoms with Crippen LogP contribution in [0.15, 0.2) is 35.3 Å². The smallest absolute Gasteiger partial charge is 0.192 e. The van der Waals surface area contributed by atoms with E-state index < -0.39 is 0 Å². The van der Waals surface area contributed by atoms with Gasteiger partial charge in [-0.25, -0.2) is 4.99 Å². The summed E-state index contributed by atoms with van der Waals surface area (Å²) in [6, 6.07) is 10.5. The van der Waals surface area contributed by atoms with Crippen molar-refractivity contribution in [2.24, 2.45) is 18.0 Å². The van der Waals surface area contributed by atoms with Crippen LogP contribution in [0.25, 0.3) is 0 Å². The molecule has 0 amide bonds. The second-order valence-corrected chi connectivity index (χ2v) is 8.07. The number of aromatic nitrogens is 3. The lowest BCUT2D eigenvalue weighted by Crippen LogP contribution is -2.39. The van der Waals surface area contributed by atoms with Crippen LogP contribution in [-0.2, 0) is 23.1 Å². The maximum absolute atomic E-state index is 5.88. The van der Waals surface area contributed by atoms with Crippen molar-refractivity contribution in [3.8, 4) is 0 Å². The normalized spacial score (nSPS) is 15.8. The van der Waals surface area contributed by atoms with Gasteiger partial charge in [-0.3, -0.25) is 0 Å². The van der Waals surface area contributed by atoms with E-state index >= 15 is 0 Å². The fourth-order valence-electron chi connectivity index (χ4n) is 3.47. The number of ether oxygens (including phenoxy) is 2. The number of nitrogens with zero attached hydrogens (tertiary/aromatic N) is 4. The molecule has 2 heterocycles. The number of benzene rings is 1. The molecular weight excluding hydrogens is 519 g/mol. The lowest BCUT2D eigenvalue weighted by Gasteiger charge is -2.22. The number of hydrogen-bond donors (Lipinski definition) is 2. The predicted molar refractivity (Wildman–Crippen MR) is 137 cm³/mol. The molecule has 1 atom stereocenters. The molecule has 2 aromatic rings. The van der Waals surface area contributed by atoms with Gasteiger partial charge in [0.1, 0.15) is 12.4 Å². The van der Waals surface area contributed by atoms with Crippen molar-refractivity contribution in [1.29, 1.82) is 0 Å². The third-order valence-electron chi connectivity index (χ3n) is 5.67. The first kappa shape index (κ1) is 26.5. The third kappa shape index (κ3) is 8.67. The van der Waals surface area contributed by atoms with Crippen molar-refractivity contribution >= 4 is 29.9 Å². The Morgan fingerprint density at radius 3 is 2.69 bits per heavy atom. The quantitative estimate of drug-likeness (QED) is 0.202. The molecule has 1 saturated heterocycles. The Morgan fingerprint density at radius 1 is 1.25 bits per heavy atom. The summed E-state index contributed by atoms with van der Waals surface area (Å²) in [5.74, 6) is 3.13.